The van der Waals surface area contributed by atoms with Crippen molar-refractivity contribution in [2.75, 3.05) is 25.2 Å². The molecule has 2 atom stereocenters. The van der Waals surface area contributed by atoms with Gasteiger partial charge in [-0.15, -0.1) is 0 Å². The number of carbonyl (C=O) groups excluding carboxylic acids is 1. The van der Waals surface area contributed by atoms with E-state index in [1.165, 1.54) is 6.26 Å². The Morgan fingerprint density at radius 2 is 1.69 bits per heavy atom. The van der Waals surface area contributed by atoms with Crippen LogP contribution in [0.3, 0.4) is 0 Å². The normalized spacial score (nSPS) is 17.9. The van der Waals surface area contributed by atoms with Crippen molar-refractivity contribution in [1.82, 2.24) is 0 Å². The molecule has 8 heteroatoms. The van der Waals surface area contributed by atoms with Crippen LogP contribution in [-0.4, -0.2) is 39.6 Å². The summed E-state index contributed by atoms with van der Waals surface area (Å²) in [5.41, 5.74) is 6.55. The van der Waals surface area contributed by atoms with Crippen LogP contribution in [0.5, 0.6) is 11.5 Å². The second-order valence-electron chi connectivity index (χ2n) is 10.2. The molecular weight excluding hydrogens is 516 g/mol. The van der Waals surface area contributed by atoms with Gasteiger partial charge >= 0.3 is 5.97 Å². The van der Waals surface area contributed by atoms with Gasteiger partial charge in [0.1, 0.15) is 27.9 Å². The Bertz CT molecular complexity index is 1430. The number of fused-ring (bicyclic) bond motifs is 3. The highest BCUT2D eigenvalue weighted by Crippen LogP contribution is 2.48. The minimum absolute atomic E-state index is 0.0225. The highest BCUT2D eigenvalue weighted by molar-refractivity contribution is 7.90. The lowest BCUT2D eigenvalue weighted by molar-refractivity contribution is -0.144. The lowest BCUT2D eigenvalue weighted by Crippen LogP contribution is -2.08. The average molecular weight is 551 g/mol. The molecule has 3 aromatic carbocycles. The van der Waals surface area contributed by atoms with Crippen molar-refractivity contribution in [2.24, 2.45) is 5.92 Å². The van der Waals surface area contributed by atoms with E-state index < -0.39 is 9.84 Å². The molecule has 3 aromatic rings. The van der Waals surface area contributed by atoms with E-state index in [0.717, 1.165) is 45.6 Å². The van der Waals surface area contributed by atoms with Gasteiger partial charge in [0, 0.05) is 6.26 Å². The molecule has 206 valence electrons. The van der Waals surface area contributed by atoms with Crippen LogP contribution in [0.25, 0.3) is 11.1 Å². The number of hydrogen-bond donors (Lipinski definition) is 0. The number of carbonyl (C=O) groups is 1. The first kappa shape index (κ1) is 27.2. The molecule has 0 N–H and O–H groups in total. The van der Waals surface area contributed by atoms with Gasteiger partial charge in [-0.3, -0.25) is 4.79 Å². The number of hydrogen-bond acceptors (Lipinski definition) is 7. The van der Waals surface area contributed by atoms with Crippen LogP contribution in [0.1, 0.15) is 47.9 Å². The summed E-state index contributed by atoms with van der Waals surface area (Å²) >= 11 is 0. The SMILES string of the molecule is CCOC(=O)[C@H]1C[C@@H]1c1ccc(OCc2ccc3c(c2)-c2ccc(OCCCS(C)(=O)=O)cc2COC3)cc1. The van der Waals surface area contributed by atoms with E-state index in [1.54, 1.807) is 0 Å². The fourth-order valence-corrected chi connectivity index (χ4v) is 5.61. The molecule has 1 aliphatic carbocycles. The van der Waals surface area contributed by atoms with Crippen molar-refractivity contribution in [3.05, 3.63) is 82.9 Å². The highest BCUT2D eigenvalue weighted by Gasteiger charge is 2.45. The van der Waals surface area contributed by atoms with E-state index in [4.69, 9.17) is 18.9 Å². The topological polar surface area (TPSA) is 88.1 Å². The molecule has 0 spiro atoms. The fourth-order valence-electron chi connectivity index (χ4n) is 4.97. The molecule has 5 rings (SSSR count). The molecule has 1 heterocycles. The van der Waals surface area contributed by atoms with Crippen LogP contribution in [-0.2, 0) is 43.9 Å². The van der Waals surface area contributed by atoms with Gasteiger partial charge in [-0.25, -0.2) is 8.42 Å². The number of ether oxygens (including phenoxy) is 4. The maximum Gasteiger partial charge on any atom is 0.309 e. The molecule has 0 bridgehead atoms. The highest BCUT2D eigenvalue weighted by atomic mass is 32.2. The molecule has 7 nitrogen and oxygen atoms in total. The predicted octanol–water partition coefficient (Wildman–Crippen LogP) is 5.44. The predicted molar refractivity (Wildman–Crippen MR) is 148 cm³/mol. The van der Waals surface area contributed by atoms with Crippen molar-refractivity contribution in [2.45, 2.75) is 45.5 Å². The largest absolute Gasteiger partial charge is 0.494 e. The van der Waals surface area contributed by atoms with Crippen LogP contribution in [0, 0.1) is 5.92 Å². The van der Waals surface area contributed by atoms with Crippen molar-refractivity contribution < 1.29 is 32.2 Å². The third kappa shape index (κ3) is 6.99. The second-order valence-corrected chi connectivity index (χ2v) is 12.5. The van der Waals surface area contributed by atoms with Gasteiger partial charge in [0.2, 0.25) is 0 Å². The number of esters is 1. The maximum atomic E-state index is 11.9. The third-order valence-corrected chi connectivity index (χ3v) is 8.11. The van der Waals surface area contributed by atoms with Gasteiger partial charge in [0.25, 0.3) is 0 Å². The Hall–Kier alpha value is -3.36. The Morgan fingerprint density at radius 1 is 0.923 bits per heavy atom. The molecule has 0 radical (unpaired) electrons. The van der Waals surface area contributed by atoms with E-state index in [9.17, 15) is 13.2 Å². The van der Waals surface area contributed by atoms with Crippen molar-refractivity contribution in [3.63, 3.8) is 0 Å². The van der Waals surface area contributed by atoms with Crippen LogP contribution in [0.2, 0.25) is 0 Å². The summed E-state index contributed by atoms with van der Waals surface area (Å²) < 4.78 is 45.6. The summed E-state index contributed by atoms with van der Waals surface area (Å²) in [5.74, 6) is 1.71. The van der Waals surface area contributed by atoms with Gasteiger partial charge in [-0.05, 0) is 89.4 Å². The molecule has 2 aliphatic rings. The molecule has 0 amide bonds. The monoisotopic (exact) mass is 550 g/mol. The molecule has 1 saturated carbocycles. The van der Waals surface area contributed by atoms with Crippen LogP contribution < -0.4 is 9.47 Å². The zero-order valence-electron chi connectivity index (χ0n) is 22.4. The maximum absolute atomic E-state index is 11.9. The van der Waals surface area contributed by atoms with Crippen molar-refractivity contribution >= 4 is 15.8 Å². The Morgan fingerprint density at radius 3 is 2.46 bits per heavy atom. The number of sulfone groups is 1. The lowest BCUT2D eigenvalue weighted by Gasteiger charge is -2.13. The van der Waals surface area contributed by atoms with Crippen LogP contribution in [0.4, 0.5) is 0 Å². The summed E-state index contributed by atoms with van der Waals surface area (Å²) in [4.78, 5) is 11.9. The fraction of sp³-hybridized carbons (Fsp3) is 0.387. The van der Waals surface area contributed by atoms with E-state index >= 15 is 0 Å². The third-order valence-electron chi connectivity index (χ3n) is 7.08. The van der Waals surface area contributed by atoms with Gasteiger partial charge in [-0.1, -0.05) is 30.3 Å². The van der Waals surface area contributed by atoms with Crippen LogP contribution in [0.15, 0.2) is 60.7 Å². The summed E-state index contributed by atoms with van der Waals surface area (Å²) in [7, 11) is -2.99. The summed E-state index contributed by atoms with van der Waals surface area (Å²) in [5, 5.41) is 0. The molecule has 0 unspecified atom stereocenters. The summed E-state index contributed by atoms with van der Waals surface area (Å²) in [6, 6.07) is 20.2. The minimum atomic E-state index is -2.99. The van der Waals surface area contributed by atoms with Gasteiger partial charge < -0.3 is 18.9 Å². The Labute approximate surface area is 230 Å². The lowest BCUT2D eigenvalue weighted by atomic mass is 9.95. The molecule has 0 aromatic heterocycles. The zero-order valence-corrected chi connectivity index (χ0v) is 23.2. The average Bonchev–Trinajstić information content (AvgIpc) is 3.73. The standard InChI is InChI=1S/C31H34O7S/c1-3-36-31(32)30-17-29(30)22-7-9-25(10-8-22)38-18-21-5-6-23-19-35-20-24-16-26(11-12-27(24)28(23)15-21)37-13-4-14-39(2,33)34/h5-12,15-16,29-30H,3-4,13-14,17-20H2,1-2H3/t29-,30+/m1/s1. The quantitative estimate of drug-likeness (QED) is 0.232. The second kappa shape index (κ2) is 11.8. The first-order chi connectivity index (χ1) is 18.8. The Balaban J connectivity index is 1.22. The smallest absolute Gasteiger partial charge is 0.309 e. The summed E-state index contributed by atoms with van der Waals surface area (Å²) in [6.07, 6.45) is 2.53. The van der Waals surface area contributed by atoms with Crippen molar-refractivity contribution in [3.8, 4) is 22.6 Å². The molecule has 1 fully saturated rings. The van der Waals surface area contributed by atoms with E-state index in [0.29, 0.717) is 45.2 Å². The first-order valence-electron chi connectivity index (χ1n) is 13.3. The van der Waals surface area contributed by atoms with E-state index in [-0.39, 0.29) is 23.6 Å². The molecular formula is C31H34O7S. The van der Waals surface area contributed by atoms with Gasteiger partial charge in [0.15, 0.2) is 0 Å². The van der Waals surface area contributed by atoms with Crippen molar-refractivity contribution in [1.29, 1.82) is 0 Å². The van der Waals surface area contributed by atoms with E-state index in [1.807, 2.05) is 49.4 Å². The Kier molecular flexibility index (Phi) is 8.23. The van der Waals surface area contributed by atoms with Gasteiger partial charge in [-0.2, -0.15) is 0 Å². The van der Waals surface area contributed by atoms with E-state index in [2.05, 4.69) is 18.2 Å². The summed E-state index contributed by atoms with van der Waals surface area (Å²) in [6.45, 7) is 4.02. The molecule has 39 heavy (non-hydrogen) atoms. The van der Waals surface area contributed by atoms with Crippen LogP contribution >= 0.6 is 0 Å². The molecule has 1 aliphatic heterocycles. The first-order valence-corrected chi connectivity index (χ1v) is 15.4. The number of rotatable bonds is 11. The zero-order chi connectivity index (χ0) is 27.4. The number of benzene rings is 3. The minimum Gasteiger partial charge on any atom is -0.494 e. The molecule has 0 saturated heterocycles. The van der Waals surface area contributed by atoms with Gasteiger partial charge in [0.05, 0.1) is 38.1 Å².